The van der Waals surface area contributed by atoms with Gasteiger partial charge in [0.2, 0.25) is 12.8 Å². The van der Waals surface area contributed by atoms with Crippen LogP contribution in [0.1, 0.15) is 160 Å². The van der Waals surface area contributed by atoms with Gasteiger partial charge in [-0.15, -0.1) is 0 Å². The summed E-state index contributed by atoms with van der Waals surface area (Å²) in [4.78, 5) is 79.9. The molecule has 0 saturated heterocycles. The van der Waals surface area contributed by atoms with Crippen molar-refractivity contribution < 1.29 is 47.7 Å². The highest BCUT2D eigenvalue weighted by atomic mass is 33.1. The lowest BCUT2D eigenvalue weighted by atomic mass is 10.1. The van der Waals surface area contributed by atoms with E-state index in [0.717, 1.165) is 98.2 Å². The van der Waals surface area contributed by atoms with Crippen LogP contribution in [0.4, 0.5) is 9.59 Å². The number of alkyl carbamates (subject to hydrolysis) is 2. The summed E-state index contributed by atoms with van der Waals surface area (Å²) in [5.41, 5.74) is 0.330. The lowest BCUT2D eigenvalue weighted by molar-refractivity contribution is -0.148. The second-order valence-corrected chi connectivity index (χ2v) is 23.2. The Morgan fingerprint density at radius 3 is 1.09 bits per heavy atom. The first kappa shape index (κ1) is 61.3. The predicted molar refractivity (Wildman–Crippen MR) is 266 cm³/mol. The van der Waals surface area contributed by atoms with Gasteiger partial charge >= 0.3 is 24.1 Å². The highest BCUT2D eigenvalue weighted by Gasteiger charge is 2.30. The van der Waals surface area contributed by atoms with Gasteiger partial charge in [-0.25, -0.2) is 19.2 Å². The number of carbonyl (C=O) groups excluding carboxylic acids is 6. The van der Waals surface area contributed by atoms with Gasteiger partial charge in [-0.3, -0.25) is 9.59 Å². The largest absolute Gasteiger partial charge is 0.464 e. The highest BCUT2D eigenvalue weighted by molar-refractivity contribution is 8.78. The molecule has 0 aliphatic heterocycles. The summed E-state index contributed by atoms with van der Waals surface area (Å²) in [6, 6.07) is -1.68. The maximum absolute atomic E-state index is 12.9. The molecule has 0 spiro atoms. The first-order chi connectivity index (χ1) is 30.0. The standard InChI is InChI=1S/C46H82N4O10S4/c1-33(2)39(47-43(55)59-45(7,8)9)41(53)57-29-25-37(63-61-13)35(5)49(31-51)27-23-21-19-17-15-16-18-20-22-24-28-50(32-52)36(6)38(64-62-14)26-30-58-42(54)40(34(3)4)48-44(56)60-46(10,11)12/h31-34,39-40H,15-30H2,1-14H3,(H,47,55)(H,48,56)/b37-35-,38-36-/t39-,40-/m0/s1. The van der Waals surface area contributed by atoms with Gasteiger partial charge in [0.15, 0.2) is 0 Å². The van der Waals surface area contributed by atoms with Crippen molar-refractivity contribution in [2.45, 2.75) is 183 Å². The van der Waals surface area contributed by atoms with E-state index in [1.54, 1.807) is 94.5 Å². The summed E-state index contributed by atoms with van der Waals surface area (Å²) in [6.45, 7) is 23.2. The SMILES string of the molecule is CSS/C(CCOC(=O)[C@@H](NC(=O)OC(C)(C)C)C(C)C)=C(/C)N(C=O)CCCCCCCCCCCCN(C=O)/C(C)=C(/CCOC(=O)[C@@H](NC(=O)OC(C)(C)C)C(C)C)SSC. The topological polar surface area (TPSA) is 170 Å². The lowest BCUT2D eigenvalue weighted by Gasteiger charge is -2.25. The summed E-state index contributed by atoms with van der Waals surface area (Å²) < 4.78 is 21.8. The number of nitrogens with one attached hydrogen (secondary N) is 2. The van der Waals surface area contributed by atoms with Crippen LogP contribution in [0.25, 0.3) is 0 Å². The molecule has 0 aromatic carbocycles. The molecule has 0 bridgehead atoms. The normalized spacial score (nSPS) is 13.6. The number of allylic oxidation sites excluding steroid dienone is 2. The minimum absolute atomic E-state index is 0.124. The van der Waals surface area contributed by atoms with E-state index in [9.17, 15) is 28.8 Å². The van der Waals surface area contributed by atoms with Crippen LogP contribution in [0.5, 0.6) is 0 Å². The number of hydrogen-bond donors (Lipinski definition) is 2. The minimum atomic E-state index is -0.839. The number of nitrogens with zero attached hydrogens (tertiary/aromatic N) is 2. The second-order valence-electron chi connectivity index (χ2n) is 18.2. The summed E-state index contributed by atoms with van der Waals surface area (Å²) >= 11 is 0. The van der Waals surface area contributed by atoms with Gasteiger partial charge in [0.25, 0.3) is 0 Å². The monoisotopic (exact) mass is 978 g/mol. The van der Waals surface area contributed by atoms with Crippen LogP contribution in [0.2, 0.25) is 0 Å². The molecule has 0 unspecified atom stereocenters. The van der Waals surface area contributed by atoms with Gasteiger partial charge < -0.3 is 39.4 Å². The van der Waals surface area contributed by atoms with Crippen LogP contribution in [0, 0.1) is 11.8 Å². The van der Waals surface area contributed by atoms with Crippen LogP contribution in [0.15, 0.2) is 21.2 Å². The van der Waals surface area contributed by atoms with Crippen molar-refractivity contribution in [2.75, 3.05) is 38.8 Å². The number of esters is 2. The Morgan fingerprint density at radius 2 is 0.844 bits per heavy atom. The van der Waals surface area contributed by atoms with Crippen molar-refractivity contribution in [1.29, 1.82) is 0 Å². The third kappa shape index (κ3) is 28.4. The summed E-state index contributed by atoms with van der Waals surface area (Å²) in [5, 5.41) is 5.26. The average molecular weight is 979 g/mol. The van der Waals surface area contributed by atoms with Crippen molar-refractivity contribution >= 4 is 80.1 Å². The molecule has 370 valence electrons. The molecule has 0 fully saturated rings. The maximum Gasteiger partial charge on any atom is 0.408 e. The zero-order chi connectivity index (χ0) is 48.9. The number of unbranched alkanes of at least 4 members (excludes halogenated alkanes) is 9. The summed E-state index contributed by atoms with van der Waals surface area (Å²) in [5.74, 6) is -1.43. The smallest absolute Gasteiger partial charge is 0.408 e. The van der Waals surface area contributed by atoms with Gasteiger partial charge in [0.1, 0.15) is 23.3 Å². The Hall–Kier alpha value is -2.70. The van der Waals surface area contributed by atoms with Crippen molar-refractivity contribution in [3.05, 3.63) is 21.2 Å². The van der Waals surface area contributed by atoms with E-state index >= 15 is 0 Å². The Labute approximate surface area is 401 Å². The van der Waals surface area contributed by atoms with E-state index in [4.69, 9.17) is 18.9 Å². The van der Waals surface area contributed by atoms with E-state index in [-0.39, 0.29) is 25.0 Å². The zero-order valence-corrected chi connectivity index (χ0v) is 44.7. The third-order valence-electron chi connectivity index (χ3n) is 9.67. The van der Waals surface area contributed by atoms with E-state index in [1.807, 2.05) is 54.1 Å². The number of ether oxygens (including phenoxy) is 4. The maximum atomic E-state index is 12.9. The van der Waals surface area contributed by atoms with Crippen LogP contribution < -0.4 is 10.6 Å². The fourth-order valence-corrected chi connectivity index (χ4v) is 9.84. The van der Waals surface area contributed by atoms with Crippen molar-refractivity contribution in [1.82, 2.24) is 20.4 Å². The van der Waals surface area contributed by atoms with Crippen molar-refractivity contribution in [3.63, 3.8) is 0 Å². The number of amides is 4. The van der Waals surface area contributed by atoms with Gasteiger partial charge in [-0.1, -0.05) is 122 Å². The van der Waals surface area contributed by atoms with Crippen LogP contribution in [-0.2, 0) is 38.1 Å². The Kier molecular flexibility index (Phi) is 32.3. The fourth-order valence-electron chi connectivity index (χ4n) is 6.20. The molecule has 0 heterocycles. The van der Waals surface area contributed by atoms with Gasteiger partial charge in [-0.05, 0) is 92.6 Å². The van der Waals surface area contributed by atoms with Crippen molar-refractivity contribution in [2.24, 2.45) is 11.8 Å². The second kappa shape index (κ2) is 33.7. The highest BCUT2D eigenvalue weighted by Crippen LogP contribution is 2.34. The van der Waals surface area contributed by atoms with Gasteiger partial charge in [0.05, 0.1) is 13.2 Å². The van der Waals surface area contributed by atoms with Crippen LogP contribution >= 0.6 is 43.2 Å². The minimum Gasteiger partial charge on any atom is -0.464 e. The van der Waals surface area contributed by atoms with E-state index in [2.05, 4.69) is 10.6 Å². The Balaban J connectivity index is 4.72. The number of rotatable bonds is 33. The van der Waals surface area contributed by atoms with Crippen molar-refractivity contribution in [3.8, 4) is 0 Å². The molecule has 0 aliphatic rings. The molecule has 14 nitrogen and oxygen atoms in total. The molecule has 0 rings (SSSR count). The third-order valence-corrected chi connectivity index (χ3v) is 13.6. The molecule has 64 heavy (non-hydrogen) atoms. The first-order valence-electron chi connectivity index (χ1n) is 22.6. The molecule has 2 atom stereocenters. The first-order valence-corrected chi connectivity index (χ1v) is 27.7. The van der Waals surface area contributed by atoms with E-state index in [0.29, 0.717) is 25.9 Å². The van der Waals surface area contributed by atoms with E-state index in [1.165, 1.54) is 0 Å². The Bertz CT molecular complexity index is 1370. The predicted octanol–water partition coefficient (Wildman–Crippen LogP) is 11.3. The van der Waals surface area contributed by atoms with Crippen LogP contribution in [0.3, 0.4) is 0 Å². The average Bonchev–Trinajstić information content (AvgIpc) is 3.19. The lowest BCUT2D eigenvalue weighted by Crippen LogP contribution is -2.47. The molecule has 2 N–H and O–H groups in total. The number of hydrogen-bond acceptors (Lipinski definition) is 14. The Morgan fingerprint density at radius 1 is 0.547 bits per heavy atom. The molecule has 4 amide bonds. The molecule has 0 aromatic heterocycles. The summed E-state index contributed by atoms with van der Waals surface area (Å²) in [6.07, 6.45) is 15.9. The van der Waals surface area contributed by atoms with Crippen LogP contribution in [-0.4, -0.2) is 109 Å². The molecule has 0 saturated carbocycles. The number of carbonyl (C=O) groups is 6. The zero-order valence-electron chi connectivity index (χ0n) is 41.4. The molecule has 0 aliphatic carbocycles. The quantitative estimate of drug-likeness (QED) is 0.0209. The van der Waals surface area contributed by atoms with Gasteiger partial charge in [0, 0.05) is 47.1 Å². The molecular formula is C46H82N4O10S4. The van der Waals surface area contributed by atoms with E-state index < -0.39 is 47.4 Å². The summed E-state index contributed by atoms with van der Waals surface area (Å²) in [7, 11) is 6.24. The molecule has 18 heteroatoms. The molecular weight excluding hydrogens is 897 g/mol. The molecule has 0 aromatic rings. The van der Waals surface area contributed by atoms with Gasteiger partial charge in [-0.2, -0.15) is 0 Å². The molecule has 0 radical (unpaired) electrons. The fraction of sp³-hybridized carbons (Fsp3) is 0.783.